The van der Waals surface area contributed by atoms with E-state index in [0.29, 0.717) is 0 Å². The van der Waals surface area contributed by atoms with Crippen molar-refractivity contribution >= 4 is 40.9 Å². The zero-order valence-electron chi connectivity index (χ0n) is 17.0. The topological polar surface area (TPSA) is 68.2 Å². The highest BCUT2D eigenvalue weighted by Crippen LogP contribution is 2.26. The van der Waals surface area contributed by atoms with Gasteiger partial charge in [0, 0.05) is 0 Å². The van der Waals surface area contributed by atoms with Gasteiger partial charge in [-0.1, -0.05) is 31.4 Å². The fraction of sp³-hybridized carbons (Fsp3) is 0.857. The van der Waals surface area contributed by atoms with Gasteiger partial charge in [0.25, 0.3) is 0 Å². The minimum Gasteiger partial charge on any atom is -0.436 e. The summed E-state index contributed by atoms with van der Waals surface area (Å²) in [5.74, 6) is 1.37. The van der Waals surface area contributed by atoms with Gasteiger partial charge in [-0.2, -0.15) is 0 Å². The Morgan fingerprint density at radius 1 is 0.833 bits per heavy atom. The van der Waals surface area contributed by atoms with Crippen LogP contribution in [0.25, 0.3) is 0 Å². The first-order chi connectivity index (χ1) is 10.6. The largest absolute Gasteiger partial charge is 0.480 e. The maximum Gasteiger partial charge on any atom is 0.480 e. The summed E-state index contributed by atoms with van der Waals surface area (Å²) in [6.45, 7) is 19.1. The normalized spacial score (nSPS) is 14.5. The van der Waals surface area contributed by atoms with Crippen molar-refractivity contribution in [3.8, 4) is 0 Å². The van der Waals surface area contributed by atoms with Crippen molar-refractivity contribution in [2.24, 2.45) is 0 Å². The molecule has 0 saturated heterocycles. The standard InChI is InChI=1S/C14H37BO5Si4/c1-10-11-13-21(2,3)18-23(6,7)20-24(8,9)19-22(4,5)14-12-15(16)17/h12,14,16-17H,10-11,13H2,1-9H3. The van der Waals surface area contributed by atoms with E-state index < -0.39 is 40.9 Å². The van der Waals surface area contributed by atoms with Crippen LogP contribution < -0.4 is 0 Å². The molecule has 0 aliphatic heterocycles. The Morgan fingerprint density at radius 2 is 1.33 bits per heavy atom. The van der Waals surface area contributed by atoms with Gasteiger partial charge in [-0.05, 0) is 58.4 Å². The molecule has 0 bridgehead atoms. The van der Waals surface area contributed by atoms with Crippen molar-refractivity contribution in [3.63, 3.8) is 0 Å². The van der Waals surface area contributed by atoms with E-state index in [1.807, 2.05) is 26.2 Å². The number of rotatable bonds is 11. The lowest BCUT2D eigenvalue weighted by Gasteiger charge is -2.40. The zero-order chi connectivity index (χ0) is 19.2. The van der Waals surface area contributed by atoms with Crippen molar-refractivity contribution < 1.29 is 22.4 Å². The molecule has 0 aliphatic carbocycles. The highest BCUT2D eigenvalue weighted by atomic mass is 28.5. The van der Waals surface area contributed by atoms with Gasteiger partial charge in [-0.3, -0.25) is 0 Å². The Balaban J connectivity index is 4.87. The second kappa shape index (κ2) is 9.42. The quantitative estimate of drug-likeness (QED) is 0.510. The Hall–Kier alpha value is 0.472. The molecule has 0 aliphatic rings. The minimum absolute atomic E-state index is 1.16. The molecule has 0 spiro atoms. The van der Waals surface area contributed by atoms with Gasteiger partial charge in [0.15, 0.2) is 16.6 Å². The number of unbranched alkanes of at least 4 members (excludes halogenated alkanes) is 1. The first kappa shape index (κ1) is 24.5. The summed E-state index contributed by atoms with van der Waals surface area (Å²) in [6, 6.07) is 1.16. The average Bonchev–Trinajstić information content (AvgIpc) is 2.29. The second-order valence-electron chi connectivity index (χ2n) is 8.35. The molecule has 10 heteroatoms. The summed E-state index contributed by atoms with van der Waals surface area (Å²) >= 11 is 0. The van der Waals surface area contributed by atoms with E-state index in [9.17, 15) is 0 Å². The maximum absolute atomic E-state index is 9.01. The molecule has 0 fully saturated rings. The Labute approximate surface area is 153 Å². The van der Waals surface area contributed by atoms with Crippen molar-refractivity contribution in [3.05, 3.63) is 11.7 Å². The highest BCUT2D eigenvalue weighted by molar-refractivity contribution is 6.90. The third-order valence-corrected chi connectivity index (χ3v) is 18.1. The van der Waals surface area contributed by atoms with E-state index in [1.54, 1.807) is 5.70 Å². The molecule has 24 heavy (non-hydrogen) atoms. The molecule has 0 aromatic heterocycles. The fourth-order valence-electron chi connectivity index (χ4n) is 2.94. The first-order valence-electron chi connectivity index (χ1n) is 8.76. The molecule has 142 valence electrons. The number of hydrogen-bond acceptors (Lipinski definition) is 5. The second-order valence-corrected chi connectivity index (χ2v) is 24.0. The van der Waals surface area contributed by atoms with Crippen molar-refractivity contribution in [2.45, 2.75) is 78.2 Å². The van der Waals surface area contributed by atoms with Crippen LogP contribution in [0.5, 0.6) is 0 Å². The van der Waals surface area contributed by atoms with E-state index in [0.717, 1.165) is 6.04 Å². The van der Waals surface area contributed by atoms with Crippen molar-refractivity contribution in [1.29, 1.82) is 0 Å². The predicted molar refractivity (Wildman–Crippen MR) is 112 cm³/mol. The summed E-state index contributed by atoms with van der Waals surface area (Å²) < 4.78 is 19.3. The summed E-state index contributed by atoms with van der Waals surface area (Å²) in [5.41, 5.74) is 1.80. The monoisotopic (exact) mass is 408 g/mol. The van der Waals surface area contributed by atoms with E-state index >= 15 is 0 Å². The lowest BCUT2D eigenvalue weighted by Crippen LogP contribution is -2.56. The van der Waals surface area contributed by atoms with Crippen LogP contribution in [0.3, 0.4) is 0 Å². The molecule has 0 saturated carbocycles. The first-order valence-corrected chi connectivity index (χ1v) is 20.5. The van der Waals surface area contributed by atoms with Gasteiger partial charge in [-0.15, -0.1) is 0 Å². The van der Waals surface area contributed by atoms with Gasteiger partial charge in [0.2, 0.25) is 0 Å². The Bertz CT molecular complexity index is 414. The third-order valence-electron chi connectivity index (χ3n) is 3.32. The van der Waals surface area contributed by atoms with Crippen LogP contribution in [0.15, 0.2) is 11.7 Å². The van der Waals surface area contributed by atoms with Crippen LogP contribution in [-0.4, -0.2) is 50.9 Å². The van der Waals surface area contributed by atoms with Gasteiger partial charge in [-0.25, -0.2) is 0 Å². The molecular weight excluding hydrogens is 371 g/mol. The maximum atomic E-state index is 9.01. The number of hydrogen-bond donors (Lipinski definition) is 2. The lowest BCUT2D eigenvalue weighted by atomic mass is 9.94. The van der Waals surface area contributed by atoms with Crippen molar-refractivity contribution in [1.82, 2.24) is 0 Å². The Kier molecular flexibility index (Phi) is 9.61. The molecule has 0 radical (unpaired) electrons. The highest BCUT2D eigenvalue weighted by Gasteiger charge is 2.42. The van der Waals surface area contributed by atoms with Gasteiger partial charge in [0.05, 0.1) is 0 Å². The van der Waals surface area contributed by atoms with Gasteiger partial charge >= 0.3 is 24.2 Å². The van der Waals surface area contributed by atoms with E-state index in [2.05, 4.69) is 33.1 Å². The SMILES string of the molecule is CCCC[Si](C)(C)O[Si](C)(C)O[Si](C)(C)O[Si](C)(C)C=CB(O)O. The van der Waals surface area contributed by atoms with Crippen LogP contribution in [0.4, 0.5) is 0 Å². The smallest absolute Gasteiger partial charge is 0.436 e. The third kappa shape index (κ3) is 11.9. The van der Waals surface area contributed by atoms with Crippen LogP contribution in [0.2, 0.25) is 58.4 Å². The molecule has 2 N–H and O–H groups in total. The molecular formula is C14H37BO5Si4. The Morgan fingerprint density at radius 3 is 1.79 bits per heavy atom. The van der Waals surface area contributed by atoms with E-state index in [4.69, 9.17) is 22.4 Å². The van der Waals surface area contributed by atoms with Gasteiger partial charge < -0.3 is 22.4 Å². The summed E-state index contributed by atoms with van der Waals surface area (Å²) in [6.07, 6.45) is 2.39. The van der Waals surface area contributed by atoms with Gasteiger partial charge in [0.1, 0.15) is 0 Å². The average molecular weight is 409 g/mol. The molecule has 5 nitrogen and oxygen atoms in total. The predicted octanol–water partition coefficient (Wildman–Crippen LogP) is 3.76. The van der Waals surface area contributed by atoms with Crippen LogP contribution >= 0.6 is 0 Å². The molecule has 0 atom stereocenters. The van der Waals surface area contributed by atoms with E-state index in [-0.39, 0.29) is 0 Å². The van der Waals surface area contributed by atoms with E-state index in [1.165, 1.54) is 18.8 Å². The molecule has 0 aromatic rings. The molecule has 0 aromatic carbocycles. The zero-order valence-corrected chi connectivity index (χ0v) is 21.0. The lowest BCUT2D eigenvalue weighted by molar-refractivity contribution is 0.330. The molecule has 0 amide bonds. The minimum atomic E-state index is -2.37. The van der Waals surface area contributed by atoms with Crippen LogP contribution in [-0.2, 0) is 12.3 Å². The van der Waals surface area contributed by atoms with Crippen molar-refractivity contribution in [2.75, 3.05) is 0 Å². The molecule has 0 rings (SSSR count). The fourth-order valence-corrected chi connectivity index (χ4v) is 21.7. The molecule has 0 heterocycles. The summed E-state index contributed by atoms with van der Waals surface area (Å²) in [4.78, 5) is 0. The van der Waals surface area contributed by atoms with Crippen LogP contribution in [0.1, 0.15) is 19.8 Å². The molecule has 0 unspecified atom stereocenters. The van der Waals surface area contributed by atoms with Crippen LogP contribution in [0, 0.1) is 0 Å². The summed E-state index contributed by atoms with van der Waals surface area (Å²) in [7, 11) is -9.96. The summed E-state index contributed by atoms with van der Waals surface area (Å²) in [5, 5.41) is 18.0.